The van der Waals surface area contributed by atoms with Crippen LogP contribution in [0.1, 0.15) is 5.76 Å². The molecule has 0 N–H and O–H groups in total. The smallest absolute Gasteiger partial charge is 0.251 e. The van der Waals surface area contributed by atoms with Gasteiger partial charge in [0.25, 0.3) is 5.03 Å². The van der Waals surface area contributed by atoms with Crippen molar-refractivity contribution in [3.63, 3.8) is 0 Å². The minimum absolute atomic E-state index is 0.548. The van der Waals surface area contributed by atoms with Gasteiger partial charge >= 0.3 is 0 Å². The number of halogens is 1. The lowest BCUT2D eigenvalue weighted by Gasteiger charge is -2.00. The third-order valence-corrected chi connectivity index (χ3v) is 4.14. The van der Waals surface area contributed by atoms with E-state index in [4.69, 9.17) is 16.1 Å². The van der Waals surface area contributed by atoms with Crippen molar-refractivity contribution in [2.45, 2.75) is 10.8 Å². The number of hydrogen-bond acceptors (Lipinski definition) is 4. The third-order valence-electron chi connectivity index (χ3n) is 2.85. The normalized spacial score (nSPS) is 10.7. The molecule has 0 saturated carbocycles. The van der Waals surface area contributed by atoms with Crippen molar-refractivity contribution in [3.8, 4) is 11.3 Å². The zero-order chi connectivity index (χ0) is 14.7. The van der Waals surface area contributed by atoms with Crippen LogP contribution in [-0.4, -0.2) is 5.16 Å². The van der Waals surface area contributed by atoms with E-state index in [2.05, 4.69) is 5.16 Å². The average molecular weight is 319 g/mol. The van der Waals surface area contributed by atoms with E-state index in [-0.39, 0.29) is 0 Å². The van der Waals surface area contributed by atoms with Gasteiger partial charge in [-0.05, 0) is 30.0 Å². The Balaban J connectivity index is 1.71. The SMILES string of the molecule is [O-][n+]1ccccc1SCc1cc(-c2ccc(Cl)cc2)no1. The monoisotopic (exact) mass is 318 g/mol. The number of thioether (sulfide) groups is 1. The lowest BCUT2D eigenvalue weighted by atomic mass is 10.1. The molecule has 3 rings (SSSR count). The molecule has 0 bridgehead atoms. The van der Waals surface area contributed by atoms with Gasteiger partial charge < -0.3 is 9.73 Å². The zero-order valence-corrected chi connectivity index (χ0v) is 12.5. The van der Waals surface area contributed by atoms with Crippen LogP contribution in [0.2, 0.25) is 5.02 Å². The molecule has 0 spiro atoms. The first-order chi connectivity index (χ1) is 10.2. The first-order valence-corrected chi connectivity index (χ1v) is 7.61. The standard InChI is InChI=1S/C15H11ClN2O2S/c16-12-6-4-11(5-7-12)14-9-13(20-17-14)10-21-15-3-1-2-8-18(15)19/h1-9H,10H2. The molecule has 0 unspecified atom stereocenters. The Morgan fingerprint density at radius 2 is 2.00 bits per heavy atom. The summed E-state index contributed by atoms with van der Waals surface area (Å²) >= 11 is 7.26. The van der Waals surface area contributed by atoms with E-state index in [1.54, 1.807) is 12.1 Å². The van der Waals surface area contributed by atoms with Crippen LogP contribution in [0.4, 0.5) is 0 Å². The molecule has 0 radical (unpaired) electrons. The second kappa shape index (κ2) is 6.20. The Bertz CT molecular complexity index is 743. The second-order valence-electron chi connectivity index (χ2n) is 4.34. The quantitative estimate of drug-likeness (QED) is 0.415. The van der Waals surface area contributed by atoms with E-state index in [1.807, 2.05) is 36.4 Å². The summed E-state index contributed by atoms with van der Waals surface area (Å²) in [6.07, 6.45) is 1.47. The van der Waals surface area contributed by atoms with Gasteiger partial charge in [0.1, 0.15) is 11.5 Å². The Kier molecular flexibility index (Phi) is 4.13. The molecule has 0 aliphatic carbocycles. The van der Waals surface area contributed by atoms with Crippen molar-refractivity contribution in [3.05, 3.63) is 70.7 Å². The minimum atomic E-state index is 0.548. The van der Waals surface area contributed by atoms with E-state index in [0.717, 1.165) is 16.0 Å². The number of rotatable bonds is 4. The largest absolute Gasteiger partial charge is 0.618 e. The molecule has 0 aliphatic rings. The van der Waals surface area contributed by atoms with Crippen LogP contribution in [0, 0.1) is 5.21 Å². The van der Waals surface area contributed by atoms with Crippen LogP contribution in [0.5, 0.6) is 0 Å². The van der Waals surface area contributed by atoms with Crippen molar-refractivity contribution in [1.82, 2.24) is 5.16 Å². The zero-order valence-electron chi connectivity index (χ0n) is 10.9. The van der Waals surface area contributed by atoms with E-state index in [1.165, 1.54) is 18.0 Å². The third kappa shape index (κ3) is 3.37. The van der Waals surface area contributed by atoms with Gasteiger partial charge in [-0.25, -0.2) is 0 Å². The van der Waals surface area contributed by atoms with Gasteiger partial charge in [-0.2, -0.15) is 4.73 Å². The number of hydrogen-bond donors (Lipinski definition) is 0. The maximum atomic E-state index is 11.5. The molecule has 2 heterocycles. The molecule has 106 valence electrons. The maximum absolute atomic E-state index is 11.5. The molecule has 6 heteroatoms. The number of benzene rings is 1. The van der Waals surface area contributed by atoms with Crippen LogP contribution in [0.15, 0.2) is 64.3 Å². The molecule has 3 aromatic rings. The lowest BCUT2D eigenvalue weighted by molar-refractivity contribution is -0.645. The van der Waals surface area contributed by atoms with Crippen LogP contribution < -0.4 is 4.73 Å². The summed E-state index contributed by atoms with van der Waals surface area (Å²) < 4.78 is 6.13. The fourth-order valence-corrected chi connectivity index (χ4v) is 2.72. The highest BCUT2D eigenvalue weighted by molar-refractivity contribution is 7.98. The molecular formula is C15H11ClN2O2S. The van der Waals surface area contributed by atoms with Crippen molar-refractivity contribution < 1.29 is 9.25 Å². The molecule has 21 heavy (non-hydrogen) atoms. The lowest BCUT2D eigenvalue weighted by Crippen LogP contribution is -2.27. The number of nitrogens with zero attached hydrogens (tertiary/aromatic N) is 2. The number of pyridine rings is 1. The molecule has 0 atom stereocenters. The molecule has 2 aromatic heterocycles. The minimum Gasteiger partial charge on any atom is -0.618 e. The highest BCUT2D eigenvalue weighted by atomic mass is 35.5. The fourth-order valence-electron chi connectivity index (χ4n) is 1.81. The Labute approximate surface area is 130 Å². The topological polar surface area (TPSA) is 53.0 Å². The Morgan fingerprint density at radius 1 is 1.19 bits per heavy atom. The Morgan fingerprint density at radius 3 is 2.76 bits per heavy atom. The van der Waals surface area contributed by atoms with Gasteiger partial charge in [-0.3, -0.25) is 0 Å². The highest BCUT2D eigenvalue weighted by Gasteiger charge is 2.10. The predicted molar refractivity (Wildman–Crippen MR) is 81.9 cm³/mol. The first kappa shape index (κ1) is 14.0. The van der Waals surface area contributed by atoms with Crippen LogP contribution in [-0.2, 0) is 5.75 Å². The van der Waals surface area contributed by atoms with Crippen molar-refractivity contribution in [2.75, 3.05) is 0 Å². The fraction of sp³-hybridized carbons (Fsp3) is 0.0667. The maximum Gasteiger partial charge on any atom is 0.251 e. The molecule has 4 nitrogen and oxygen atoms in total. The van der Waals surface area contributed by atoms with Gasteiger partial charge in [-0.15, -0.1) is 0 Å². The molecule has 1 aromatic carbocycles. The highest BCUT2D eigenvalue weighted by Crippen LogP contribution is 2.25. The Hall–Kier alpha value is -1.98. The van der Waals surface area contributed by atoms with E-state index in [9.17, 15) is 5.21 Å². The van der Waals surface area contributed by atoms with Crippen LogP contribution in [0.3, 0.4) is 0 Å². The van der Waals surface area contributed by atoms with Crippen LogP contribution in [0.25, 0.3) is 11.3 Å². The second-order valence-corrected chi connectivity index (χ2v) is 5.77. The van der Waals surface area contributed by atoms with E-state index < -0.39 is 0 Å². The van der Waals surface area contributed by atoms with Crippen molar-refractivity contribution >= 4 is 23.4 Å². The summed E-state index contributed by atoms with van der Waals surface area (Å²) in [5.74, 6) is 1.26. The summed E-state index contributed by atoms with van der Waals surface area (Å²) in [5.41, 5.74) is 1.70. The van der Waals surface area contributed by atoms with Crippen molar-refractivity contribution in [1.29, 1.82) is 0 Å². The van der Waals surface area contributed by atoms with Gasteiger partial charge in [0.05, 0.1) is 5.75 Å². The predicted octanol–water partition coefficient (Wildman–Crippen LogP) is 3.92. The van der Waals surface area contributed by atoms with Gasteiger partial charge in [0.2, 0.25) is 0 Å². The van der Waals surface area contributed by atoms with Gasteiger partial charge in [-0.1, -0.05) is 28.9 Å². The molecule has 0 saturated heterocycles. The van der Waals surface area contributed by atoms with Gasteiger partial charge in [0, 0.05) is 28.8 Å². The number of aromatic nitrogens is 2. The summed E-state index contributed by atoms with van der Waals surface area (Å²) in [4.78, 5) is 0. The first-order valence-electron chi connectivity index (χ1n) is 6.25. The van der Waals surface area contributed by atoms with E-state index in [0.29, 0.717) is 21.6 Å². The van der Waals surface area contributed by atoms with Crippen LogP contribution >= 0.6 is 23.4 Å². The van der Waals surface area contributed by atoms with Crippen molar-refractivity contribution in [2.24, 2.45) is 0 Å². The summed E-state index contributed by atoms with van der Waals surface area (Å²) in [7, 11) is 0. The summed E-state index contributed by atoms with van der Waals surface area (Å²) in [6, 6.07) is 14.6. The molecule has 0 amide bonds. The summed E-state index contributed by atoms with van der Waals surface area (Å²) in [6.45, 7) is 0. The molecule has 0 aliphatic heterocycles. The molecule has 0 fully saturated rings. The van der Waals surface area contributed by atoms with Gasteiger partial charge in [0.15, 0.2) is 6.20 Å². The van der Waals surface area contributed by atoms with E-state index >= 15 is 0 Å². The summed E-state index contributed by atoms with van der Waals surface area (Å²) in [5, 5.41) is 16.9. The average Bonchev–Trinajstić information content (AvgIpc) is 2.96. The molecular weight excluding hydrogens is 308 g/mol.